The van der Waals surface area contributed by atoms with Gasteiger partial charge in [0.2, 0.25) is 0 Å². The number of hydrogen-bond acceptors (Lipinski definition) is 2. The maximum Gasteiger partial charge on any atom is 0.142 e. The van der Waals surface area contributed by atoms with E-state index in [1.165, 1.54) is 5.69 Å². The summed E-state index contributed by atoms with van der Waals surface area (Å²) < 4.78 is 8.58. The molecule has 0 radical (unpaired) electrons. The maximum atomic E-state index is 10.0. The molecule has 0 fully saturated rings. The summed E-state index contributed by atoms with van der Waals surface area (Å²) in [7, 11) is 1.68. The van der Waals surface area contributed by atoms with E-state index in [1.807, 2.05) is 30.5 Å². The van der Waals surface area contributed by atoms with Gasteiger partial charge in [0.05, 0.1) is 18.9 Å². The van der Waals surface area contributed by atoms with Crippen molar-refractivity contribution in [2.45, 2.75) is 25.4 Å². The van der Waals surface area contributed by atoms with Gasteiger partial charge in [-0.1, -0.05) is 15.9 Å². The van der Waals surface area contributed by atoms with Crippen LogP contribution < -0.4 is 4.74 Å². The highest BCUT2D eigenvalue weighted by Gasteiger charge is 2.22. The Balaban J connectivity index is 2.15. The Morgan fingerprint density at radius 1 is 1.37 bits per heavy atom. The fourth-order valence-corrected chi connectivity index (χ4v) is 3.09. The van der Waals surface area contributed by atoms with Crippen LogP contribution in [0, 0.1) is 0 Å². The average Bonchev–Trinajstić information content (AvgIpc) is 2.84. The first-order valence-electron chi connectivity index (χ1n) is 6.43. The molecule has 1 unspecified atom stereocenters. The van der Waals surface area contributed by atoms with Crippen molar-refractivity contribution in [3.05, 3.63) is 46.2 Å². The van der Waals surface area contributed by atoms with Crippen LogP contribution in [0.15, 0.2) is 34.9 Å². The van der Waals surface area contributed by atoms with E-state index in [1.54, 1.807) is 7.11 Å². The lowest BCUT2D eigenvalue weighted by molar-refractivity contribution is 0.156. The lowest BCUT2D eigenvalue weighted by Crippen LogP contribution is -2.11. The van der Waals surface area contributed by atoms with Gasteiger partial charge in [-0.05, 0) is 43.5 Å². The van der Waals surface area contributed by atoms with Crippen LogP contribution in [0.2, 0.25) is 0 Å². The molecule has 0 saturated heterocycles. The Morgan fingerprint density at radius 2 is 2.21 bits per heavy atom. The van der Waals surface area contributed by atoms with Crippen molar-refractivity contribution in [2.24, 2.45) is 0 Å². The van der Waals surface area contributed by atoms with Crippen molar-refractivity contribution >= 4 is 15.9 Å². The number of methoxy groups -OCH3 is 1. The number of benzene rings is 1. The van der Waals surface area contributed by atoms with E-state index in [0.29, 0.717) is 0 Å². The second kappa shape index (κ2) is 5.02. The van der Waals surface area contributed by atoms with E-state index in [0.717, 1.165) is 40.7 Å². The van der Waals surface area contributed by atoms with E-state index >= 15 is 0 Å². The van der Waals surface area contributed by atoms with Crippen LogP contribution in [-0.2, 0) is 6.42 Å². The zero-order valence-corrected chi connectivity index (χ0v) is 12.4. The molecule has 0 aliphatic heterocycles. The normalized spacial score (nSPS) is 18.2. The zero-order valence-electron chi connectivity index (χ0n) is 10.8. The molecule has 1 aromatic heterocycles. The minimum Gasteiger partial charge on any atom is -0.495 e. The molecular formula is C15H16BrNO2. The summed E-state index contributed by atoms with van der Waals surface area (Å²) in [5.74, 6) is 0.835. The number of nitrogens with zero attached hydrogens (tertiary/aromatic N) is 1. The van der Waals surface area contributed by atoms with E-state index in [9.17, 15) is 5.11 Å². The third kappa shape index (κ3) is 2.19. The summed E-state index contributed by atoms with van der Waals surface area (Å²) in [6, 6.07) is 7.97. The summed E-state index contributed by atoms with van der Waals surface area (Å²) in [5, 5.41) is 10.0. The molecule has 0 amide bonds. The number of ether oxygens (including phenoxy) is 1. The molecule has 1 aliphatic rings. The number of aliphatic hydroxyl groups is 1. The van der Waals surface area contributed by atoms with Gasteiger partial charge in [0.1, 0.15) is 5.75 Å². The SMILES string of the molecule is COc1ccc(Br)cc1-n1ccc2c1CCCC2O. The monoisotopic (exact) mass is 321 g/mol. The minimum atomic E-state index is -0.330. The first kappa shape index (κ1) is 12.8. The van der Waals surface area contributed by atoms with Gasteiger partial charge in [-0.3, -0.25) is 0 Å². The topological polar surface area (TPSA) is 34.4 Å². The van der Waals surface area contributed by atoms with Crippen LogP contribution in [-0.4, -0.2) is 16.8 Å². The molecule has 3 rings (SSSR count). The van der Waals surface area contributed by atoms with Gasteiger partial charge in [0.15, 0.2) is 0 Å². The van der Waals surface area contributed by atoms with Crippen molar-refractivity contribution in [3.8, 4) is 11.4 Å². The molecule has 19 heavy (non-hydrogen) atoms. The molecule has 3 nitrogen and oxygen atoms in total. The lowest BCUT2D eigenvalue weighted by Gasteiger charge is -2.21. The number of rotatable bonds is 2. The summed E-state index contributed by atoms with van der Waals surface area (Å²) >= 11 is 3.50. The molecule has 0 spiro atoms. The molecule has 100 valence electrons. The molecule has 1 aliphatic carbocycles. The molecule has 1 atom stereocenters. The predicted octanol–water partition coefficient (Wildman–Crippen LogP) is 3.62. The third-order valence-electron chi connectivity index (χ3n) is 3.68. The number of fused-ring (bicyclic) bond motifs is 1. The van der Waals surface area contributed by atoms with Crippen molar-refractivity contribution in [3.63, 3.8) is 0 Å². The van der Waals surface area contributed by atoms with Gasteiger partial charge in [-0.2, -0.15) is 0 Å². The summed E-state index contributed by atoms with van der Waals surface area (Å²) in [6.45, 7) is 0. The maximum absolute atomic E-state index is 10.0. The molecule has 2 aromatic rings. The summed E-state index contributed by atoms with van der Waals surface area (Å²) in [4.78, 5) is 0. The van der Waals surface area contributed by atoms with Crippen molar-refractivity contribution in [2.75, 3.05) is 7.11 Å². The van der Waals surface area contributed by atoms with Crippen LogP contribution in [0.3, 0.4) is 0 Å². The van der Waals surface area contributed by atoms with Crippen LogP contribution >= 0.6 is 15.9 Å². The Hall–Kier alpha value is -1.26. The molecule has 0 bridgehead atoms. The highest BCUT2D eigenvalue weighted by molar-refractivity contribution is 9.10. The first-order valence-corrected chi connectivity index (χ1v) is 7.22. The standard InChI is InChI=1S/C15H16BrNO2/c1-19-15-6-5-10(16)9-13(15)17-8-7-11-12(17)3-2-4-14(11)18/h5-9,14,18H,2-4H2,1H3. The smallest absolute Gasteiger partial charge is 0.142 e. The molecular weight excluding hydrogens is 306 g/mol. The molecule has 0 saturated carbocycles. The lowest BCUT2D eigenvalue weighted by atomic mass is 9.95. The summed E-state index contributed by atoms with van der Waals surface area (Å²) in [6.07, 6.45) is 4.56. The van der Waals surface area contributed by atoms with E-state index in [2.05, 4.69) is 20.5 Å². The van der Waals surface area contributed by atoms with Gasteiger partial charge < -0.3 is 14.4 Å². The number of aliphatic hydroxyl groups excluding tert-OH is 1. The highest BCUT2D eigenvalue weighted by Crippen LogP contribution is 2.35. The quantitative estimate of drug-likeness (QED) is 0.916. The first-order chi connectivity index (χ1) is 9.20. The summed E-state index contributed by atoms with van der Waals surface area (Å²) in [5.41, 5.74) is 3.25. The van der Waals surface area contributed by atoms with Crippen LogP contribution in [0.5, 0.6) is 5.75 Å². The molecule has 1 N–H and O–H groups in total. The Kier molecular flexibility index (Phi) is 3.37. The number of halogens is 1. The molecule has 1 aromatic carbocycles. The van der Waals surface area contributed by atoms with Gasteiger partial charge in [-0.25, -0.2) is 0 Å². The predicted molar refractivity (Wildman–Crippen MR) is 77.9 cm³/mol. The van der Waals surface area contributed by atoms with Crippen LogP contribution in [0.4, 0.5) is 0 Å². The highest BCUT2D eigenvalue weighted by atomic mass is 79.9. The minimum absolute atomic E-state index is 0.330. The molecule has 4 heteroatoms. The van der Waals surface area contributed by atoms with Crippen molar-refractivity contribution in [1.82, 2.24) is 4.57 Å². The number of aromatic nitrogens is 1. The second-order valence-corrected chi connectivity index (χ2v) is 5.73. The molecule has 1 heterocycles. The van der Waals surface area contributed by atoms with E-state index in [-0.39, 0.29) is 6.10 Å². The van der Waals surface area contributed by atoms with Crippen molar-refractivity contribution < 1.29 is 9.84 Å². The number of hydrogen-bond donors (Lipinski definition) is 1. The van der Waals surface area contributed by atoms with Crippen molar-refractivity contribution in [1.29, 1.82) is 0 Å². The van der Waals surface area contributed by atoms with Gasteiger partial charge >= 0.3 is 0 Å². The van der Waals surface area contributed by atoms with E-state index in [4.69, 9.17) is 4.74 Å². The van der Waals surface area contributed by atoms with Crippen LogP contribution in [0.25, 0.3) is 5.69 Å². The Morgan fingerprint density at radius 3 is 3.00 bits per heavy atom. The fraction of sp³-hybridized carbons (Fsp3) is 0.333. The third-order valence-corrected chi connectivity index (χ3v) is 4.17. The average molecular weight is 322 g/mol. The van der Waals surface area contributed by atoms with Gasteiger partial charge in [0.25, 0.3) is 0 Å². The zero-order chi connectivity index (χ0) is 13.4. The Bertz CT molecular complexity index is 606. The van der Waals surface area contributed by atoms with Gasteiger partial charge in [-0.15, -0.1) is 0 Å². The van der Waals surface area contributed by atoms with Crippen LogP contribution in [0.1, 0.15) is 30.2 Å². The van der Waals surface area contributed by atoms with E-state index < -0.39 is 0 Å². The largest absolute Gasteiger partial charge is 0.495 e. The fourth-order valence-electron chi connectivity index (χ4n) is 2.74. The van der Waals surface area contributed by atoms with Gasteiger partial charge in [0, 0.05) is 21.9 Å². The second-order valence-electron chi connectivity index (χ2n) is 4.81. The Labute approximate surface area is 121 Å².